The minimum Gasteiger partial charge on any atom is -0.354 e. The summed E-state index contributed by atoms with van der Waals surface area (Å²) in [5, 5.41) is 3.14. The normalized spacial score (nSPS) is 11.4. The number of nitrogens with zero attached hydrogens (tertiary/aromatic N) is 2. The molecule has 0 amide bonds. The second-order valence-corrected chi connectivity index (χ2v) is 4.19. The van der Waals surface area contributed by atoms with Crippen molar-refractivity contribution in [1.82, 2.24) is 9.97 Å². The highest BCUT2D eigenvalue weighted by molar-refractivity contribution is 5.24. The molecule has 0 spiro atoms. The topological polar surface area (TPSA) is 63.8 Å². The van der Waals surface area contributed by atoms with Gasteiger partial charge in [0.2, 0.25) is 5.95 Å². The van der Waals surface area contributed by atoms with Gasteiger partial charge in [0, 0.05) is 24.0 Å². The summed E-state index contributed by atoms with van der Waals surface area (Å²) in [7, 11) is 0. The number of hydrogen-bond donors (Lipinski definition) is 2. The van der Waals surface area contributed by atoms with Gasteiger partial charge in [0.1, 0.15) is 0 Å². The van der Waals surface area contributed by atoms with E-state index in [0.29, 0.717) is 5.95 Å². The Labute approximate surface area is 85.0 Å². The highest BCUT2D eigenvalue weighted by atomic mass is 15.1. The Kier molecular flexibility index (Phi) is 3.41. The van der Waals surface area contributed by atoms with Crippen LogP contribution in [0.1, 0.15) is 26.0 Å². The Hall–Kier alpha value is -1.16. The minimum absolute atomic E-state index is 0.142. The van der Waals surface area contributed by atoms with Gasteiger partial charge in [-0.1, -0.05) is 0 Å². The van der Waals surface area contributed by atoms with Crippen molar-refractivity contribution in [3.63, 3.8) is 0 Å². The average Bonchev–Trinajstić information content (AvgIpc) is 2.01. The van der Waals surface area contributed by atoms with Crippen LogP contribution in [0.5, 0.6) is 0 Å². The Morgan fingerprint density at radius 2 is 2.21 bits per heavy atom. The van der Waals surface area contributed by atoms with Crippen LogP contribution in [-0.4, -0.2) is 22.1 Å². The molecule has 0 aliphatic carbocycles. The summed E-state index contributed by atoms with van der Waals surface area (Å²) in [6.07, 6.45) is 2.64. The molecule has 0 aliphatic rings. The highest BCUT2D eigenvalue weighted by Gasteiger charge is 2.09. The van der Waals surface area contributed by atoms with Gasteiger partial charge in [-0.15, -0.1) is 0 Å². The lowest BCUT2D eigenvalue weighted by Gasteiger charge is -2.18. The molecule has 14 heavy (non-hydrogen) atoms. The largest absolute Gasteiger partial charge is 0.354 e. The van der Waals surface area contributed by atoms with Crippen molar-refractivity contribution in [3.8, 4) is 0 Å². The predicted octanol–water partition coefficient (Wildman–Crippen LogP) is 1.32. The number of rotatable bonds is 4. The van der Waals surface area contributed by atoms with Crippen LogP contribution in [-0.2, 0) is 0 Å². The van der Waals surface area contributed by atoms with Crippen molar-refractivity contribution < 1.29 is 0 Å². The van der Waals surface area contributed by atoms with Crippen molar-refractivity contribution >= 4 is 5.95 Å². The first-order chi connectivity index (χ1) is 6.47. The zero-order valence-electron chi connectivity index (χ0n) is 9.04. The first-order valence-corrected chi connectivity index (χ1v) is 4.80. The molecular formula is C10H18N4. The number of nitrogens with one attached hydrogen (secondary N) is 1. The molecule has 3 N–H and O–H groups in total. The SMILES string of the molecule is Cc1ccnc(NCCC(C)(C)N)n1. The van der Waals surface area contributed by atoms with Crippen LogP contribution in [0.3, 0.4) is 0 Å². The fourth-order valence-corrected chi connectivity index (χ4v) is 1.03. The van der Waals surface area contributed by atoms with E-state index in [0.717, 1.165) is 18.7 Å². The van der Waals surface area contributed by atoms with Gasteiger partial charge in [0.25, 0.3) is 0 Å². The number of anilines is 1. The van der Waals surface area contributed by atoms with Crippen molar-refractivity contribution in [2.24, 2.45) is 5.73 Å². The Bertz CT molecular complexity index is 290. The lowest BCUT2D eigenvalue weighted by atomic mass is 10.0. The maximum Gasteiger partial charge on any atom is 0.222 e. The first kappa shape index (κ1) is 10.9. The van der Waals surface area contributed by atoms with Crippen LogP contribution in [0.2, 0.25) is 0 Å². The number of aryl methyl sites for hydroxylation is 1. The fourth-order valence-electron chi connectivity index (χ4n) is 1.03. The average molecular weight is 194 g/mol. The molecule has 0 bridgehead atoms. The summed E-state index contributed by atoms with van der Waals surface area (Å²) in [4.78, 5) is 8.33. The minimum atomic E-state index is -0.142. The lowest BCUT2D eigenvalue weighted by Crippen LogP contribution is -2.34. The van der Waals surface area contributed by atoms with Crippen LogP contribution in [0, 0.1) is 6.92 Å². The van der Waals surface area contributed by atoms with E-state index >= 15 is 0 Å². The maximum atomic E-state index is 5.85. The second-order valence-electron chi connectivity index (χ2n) is 4.19. The quantitative estimate of drug-likeness (QED) is 0.759. The van der Waals surface area contributed by atoms with Crippen LogP contribution in [0.4, 0.5) is 5.95 Å². The molecule has 0 saturated heterocycles. The molecule has 0 unspecified atom stereocenters. The summed E-state index contributed by atoms with van der Waals surface area (Å²) in [6.45, 7) is 6.75. The Morgan fingerprint density at radius 1 is 1.50 bits per heavy atom. The molecule has 1 rings (SSSR count). The van der Waals surface area contributed by atoms with Gasteiger partial charge >= 0.3 is 0 Å². The number of hydrogen-bond acceptors (Lipinski definition) is 4. The molecule has 0 atom stereocenters. The third-order valence-electron chi connectivity index (χ3n) is 1.85. The third kappa shape index (κ3) is 4.18. The summed E-state index contributed by atoms with van der Waals surface area (Å²) in [5.74, 6) is 0.675. The molecule has 0 saturated carbocycles. The molecule has 0 aromatic carbocycles. The van der Waals surface area contributed by atoms with Crippen LogP contribution >= 0.6 is 0 Å². The Balaban J connectivity index is 2.39. The molecule has 1 heterocycles. The van der Waals surface area contributed by atoms with E-state index in [1.807, 2.05) is 26.8 Å². The van der Waals surface area contributed by atoms with Gasteiger partial charge in [-0.25, -0.2) is 9.97 Å². The zero-order chi connectivity index (χ0) is 10.6. The van der Waals surface area contributed by atoms with E-state index in [4.69, 9.17) is 5.73 Å². The van der Waals surface area contributed by atoms with E-state index in [1.165, 1.54) is 0 Å². The lowest BCUT2D eigenvalue weighted by molar-refractivity contribution is 0.490. The van der Waals surface area contributed by atoms with Gasteiger partial charge in [0.05, 0.1) is 0 Å². The third-order valence-corrected chi connectivity index (χ3v) is 1.85. The smallest absolute Gasteiger partial charge is 0.222 e. The van der Waals surface area contributed by atoms with Gasteiger partial charge in [-0.2, -0.15) is 0 Å². The van der Waals surface area contributed by atoms with Crippen molar-refractivity contribution in [2.75, 3.05) is 11.9 Å². The van der Waals surface area contributed by atoms with Crippen LogP contribution in [0.15, 0.2) is 12.3 Å². The maximum absolute atomic E-state index is 5.85. The van der Waals surface area contributed by atoms with E-state index in [9.17, 15) is 0 Å². The molecular weight excluding hydrogens is 176 g/mol. The summed E-state index contributed by atoms with van der Waals surface area (Å²) in [6, 6.07) is 1.87. The molecule has 1 aromatic rings. The molecule has 0 radical (unpaired) electrons. The molecule has 78 valence electrons. The number of nitrogens with two attached hydrogens (primary N) is 1. The zero-order valence-corrected chi connectivity index (χ0v) is 9.04. The monoisotopic (exact) mass is 194 g/mol. The van der Waals surface area contributed by atoms with Crippen molar-refractivity contribution in [3.05, 3.63) is 18.0 Å². The van der Waals surface area contributed by atoms with E-state index in [-0.39, 0.29) is 5.54 Å². The van der Waals surface area contributed by atoms with Crippen LogP contribution in [0.25, 0.3) is 0 Å². The van der Waals surface area contributed by atoms with Gasteiger partial charge < -0.3 is 11.1 Å². The van der Waals surface area contributed by atoms with Crippen LogP contribution < -0.4 is 11.1 Å². The summed E-state index contributed by atoms with van der Waals surface area (Å²) >= 11 is 0. The summed E-state index contributed by atoms with van der Waals surface area (Å²) in [5.41, 5.74) is 6.67. The van der Waals surface area contributed by atoms with Gasteiger partial charge in [-0.3, -0.25) is 0 Å². The molecule has 4 nitrogen and oxygen atoms in total. The standard InChI is InChI=1S/C10H18N4/c1-8-4-6-12-9(14-8)13-7-5-10(2,3)11/h4,6H,5,7,11H2,1-3H3,(H,12,13,14). The second kappa shape index (κ2) is 4.37. The van der Waals surface area contributed by atoms with E-state index in [2.05, 4.69) is 15.3 Å². The highest BCUT2D eigenvalue weighted by Crippen LogP contribution is 2.04. The van der Waals surface area contributed by atoms with E-state index in [1.54, 1.807) is 6.20 Å². The van der Waals surface area contributed by atoms with E-state index < -0.39 is 0 Å². The predicted molar refractivity (Wildman–Crippen MR) is 58.1 cm³/mol. The molecule has 1 aromatic heterocycles. The number of aromatic nitrogens is 2. The fraction of sp³-hybridized carbons (Fsp3) is 0.600. The van der Waals surface area contributed by atoms with Crippen molar-refractivity contribution in [2.45, 2.75) is 32.7 Å². The van der Waals surface area contributed by atoms with Gasteiger partial charge in [0.15, 0.2) is 0 Å². The van der Waals surface area contributed by atoms with Crippen molar-refractivity contribution in [1.29, 1.82) is 0 Å². The Morgan fingerprint density at radius 3 is 2.79 bits per heavy atom. The molecule has 0 fully saturated rings. The molecule has 4 heteroatoms. The van der Waals surface area contributed by atoms with Gasteiger partial charge in [-0.05, 0) is 33.3 Å². The molecule has 0 aliphatic heterocycles. The first-order valence-electron chi connectivity index (χ1n) is 4.80. The summed E-state index contributed by atoms with van der Waals surface area (Å²) < 4.78 is 0.